The van der Waals surface area contributed by atoms with Gasteiger partial charge in [-0.3, -0.25) is 9.36 Å². The average Bonchev–Trinajstić information content (AvgIpc) is 3.08. The molecule has 4 rings (SSSR count). The van der Waals surface area contributed by atoms with Gasteiger partial charge < -0.3 is 4.74 Å². The summed E-state index contributed by atoms with van der Waals surface area (Å²) in [5.74, 6) is 0.151. The maximum absolute atomic E-state index is 13.1. The van der Waals surface area contributed by atoms with E-state index in [2.05, 4.69) is 43.1 Å². The predicted octanol–water partition coefficient (Wildman–Crippen LogP) is 5.43. The molecule has 6 heteroatoms. The highest BCUT2D eigenvalue weighted by atomic mass is 32.1. The molecule has 1 fully saturated rings. The lowest BCUT2D eigenvalue weighted by Crippen LogP contribution is -2.22. The molecule has 1 aliphatic rings. The van der Waals surface area contributed by atoms with Gasteiger partial charge in [0.1, 0.15) is 15.8 Å². The van der Waals surface area contributed by atoms with Crippen molar-refractivity contribution in [1.82, 2.24) is 9.55 Å². The number of benzene rings is 1. The van der Waals surface area contributed by atoms with E-state index in [1.807, 2.05) is 6.92 Å². The number of hydrogen-bond donors (Lipinski definition) is 0. The van der Waals surface area contributed by atoms with Gasteiger partial charge in [0.15, 0.2) is 0 Å². The molecule has 1 saturated carbocycles. The molecule has 30 heavy (non-hydrogen) atoms. The maximum Gasteiger partial charge on any atom is 0.348 e. The molecule has 1 aromatic carbocycles. The van der Waals surface area contributed by atoms with Crippen LogP contribution in [0.5, 0.6) is 0 Å². The maximum atomic E-state index is 13.1. The second-order valence-corrected chi connectivity index (χ2v) is 9.47. The zero-order chi connectivity index (χ0) is 21.3. The van der Waals surface area contributed by atoms with Crippen LogP contribution in [0.3, 0.4) is 0 Å². The highest BCUT2D eigenvalue weighted by molar-refractivity contribution is 7.20. The van der Waals surface area contributed by atoms with Crippen LogP contribution in [0.4, 0.5) is 0 Å². The van der Waals surface area contributed by atoms with E-state index in [4.69, 9.17) is 4.74 Å². The lowest BCUT2D eigenvalue weighted by molar-refractivity contribution is 0.0216. The Hall–Kier alpha value is -2.47. The zero-order valence-electron chi connectivity index (χ0n) is 17.8. The van der Waals surface area contributed by atoms with E-state index >= 15 is 0 Å². The van der Waals surface area contributed by atoms with Crippen LogP contribution in [0.1, 0.15) is 78.2 Å². The molecule has 0 amide bonds. The van der Waals surface area contributed by atoms with Crippen molar-refractivity contribution < 1.29 is 9.53 Å². The summed E-state index contributed by atoms with van der Waals surface area (Å²) in [5.41, 5.74) is 2.89. The first kappa shape index (κ1) is 20.8. The standard InChI is InChI=1S/C24H28N2O3S/c1-15(2)18-11-9-17(10-12-18)13-26-14-25-22-20(23(26)27)16(3)21(30-22)24(28)29-19-7-5-4-6-8-19/h9-12,14-15,19H,4-8,13H2,1-3H3. The van der Waals surface area contributed by atoms with Crippen molar-refractivity contribution in [2.75, 3.05) is 0 Å². The quantitative estimate of drug-likeness (QED) is 0.513. The summed E-state index contributed by atoms with van der Waals surface area (Å²) < 4.78 is 7.33. The minimum Gasteiger partial charge on any atom is -0.458 e. The number of esters is 1. The Bertz CT molecular complexity index is 1110. The Morgan fingerprint density at radius 2 is 1.90 bits per heavy atom. The molecular weight excluding hydrogens is 396 g/mol. The topological polar surface area (TPSA) is 61.2 Å². The number of aromatic nitrogens is 2. The molecule has 2 aromatic heterocycles. The van der Waals surface area contributed by atoms with Gasteiger partial charge in [-0.25, -0.2) is 9.78 Å². The van der Waals surface area contributed by atoms with Gasteiger partial charge in [0, 0.05) is 0 Å². The fourth-order valence-corrected chi connectivity index (χ4v) is 5.08. The van der Waals surface area contributed by atoms with E-state index in [9.17, 15) is 9.59 Å². The Balaban J connectivity index is 1.59. The van der Waals surface area contributed by atoms with E-state index in [1.165, 1.54) is 23.3 Å². The number of thiophene rings is 1. The number of aryl methyl sites for hydroxylation is 1. The molecule has 0 spiro atoms. The van der Waals surface area contributed by atoms with Crippen LogP contribution in [0.15, 0.2) is 35.4 Å². The lowest BCUT2D eigenvalue weighted by atomic mass is 9.98. The monoisotopic (exact) mass is 424 g/mol. The van der Waals surface area contributed by atoms with Gasteiger partial charge in [0.05, 0.1) is 18.3 Å². The minimum absolute atomic E-state index is 0.00529. The van der Waals surface area contributed by atoms with Gasteiger partial charge >= 0.3 is 5.97 Å². The first-order valence-electron chi connectivity index (χ1n) is 10.7. The number of rotatable bonds is 5. The summed E-state index contributed by atoms with van der Waals surface area (Å²) in [6.45, 7) is 6.60. The Labute approximate surface area is 180 Å². The van der Waals surface area contributed by atoms with Crippen molar-refractivity contribution in [3.63, 3.8) is 0 Å². The van der Waals surface area contributed by atoms with Crippen molar-refractivity contribution in [2.24, 2.45) is 0 Å². The molecule has 0 N–H and O–H groups in total. The number of carbonyl (C=O) groups is 1. The lowest BCUT2D eigenvalue weighted by Gasteiger charge is -2.21. The number of nitrogens with zero attached hydrogens (tertiary/aromatic N) is 2. The zero-order valence-corrected chi connectivity index (χ0v) is 18.6. The second-order valence-electron chi connectivity index (χ2n) is 8.48. The molecule has 2 heterocycles. The number of hydrogen-bond acceptors (Lipinski definition) is 5. The van der Waals surface area contributed by atoms with Crippen LogP contribution >= 0.6 is 11.3 Å². The van der Waals surface area contributed by atoms with E-state index in [0.29, 0.717) is 33.1 Å². The number of fused-ring (bicyclic) bond motifs is 1. The fourth-order valence-electron chi connectivity index (χ4n) is 4.06. The van der Waals surface area contributed by atoms with Crippen LogP contribution in [-0.4, -0.2) is 21.6 Å². The third-order valence-electron chi connectivity index (χ3n) is 5.93. The number of ether oxygens (including phenoxy) is 1. The summed E-state index contributed by atoms with van der Waals surface area (Å²) >= 11 is 1.26. The molecule has 0 unspecified atom stereocenters. The Morgan fingerprint density at radius 3 is 2.57 bits per heavy atom. The van der Waals surface area contributed by atoms with Crippen molar-refractivity contribution >= 4 is 27.5 Å². The van der Waals surface area contributed by atoms with Crippen LogP contribution < -0.4 is 5.56 Å². The summed E-state index contributed by atoms with van der Waals surface area (Å²) in [6, 6.07) is 8.32. The van der Waals surface area contributed by atoms with E-state index < -0.39 is 0 Å². The molecular formula is C24H28N2O3S. The van der Waals surface area contributed by atoms with Crippen LogP contribution in [0.2, 0.25) is 0 Å². The summed E-state index contributed by atoms with van der Waals surface area (Å²) in [6.07, 6.45) is 6.84. The van der Waals surface area contributed by atoms with Gasteiger partial charge in [0.25, 0.3) is 5.56 Å². The molecule has 1 aliphatic carbocycles. The fraction of sp³-hybridized carbons (Fsp3) is 0.458. The highest BCUT2D eigenvalue weighted by Crippen LogP contribution is 2.29. The van der Waals surface area contributed by atoms with Gasteiger partial charge in [-0.05, 0) is 55.2 Å². The normalized spacial score (nSPS) is 15.1. The summed E-state index contributed by atoms with van der Waals surface area (Å²) in [7, 11) is 0. The SMILES string of the molecule is Cc1c(C(=O)OC2CCCCC2)sc2ncn(Cc3ccc(C(C)C)cc3)c(=O)c12. The number of carbonyl (C=O) groups excluding carboxylic acids is 1. The molecule has 3 aromatic rings. The molecule has 0 saturated heterocycles. The first-order valence-corrected chi connectivity index (χ1v) is 11.5. The molecule has 0 bridgehead atoms. The summed E-state index contributed by atoms with van der Waals surface area (Å²) in [4.78, 5) is 31.4. The molecule has 0 aliphatic heterocycles. The van der Waals surface area contributed by atoms with Crippen LogP contribution in [-0.2, 0) is 11.3 Å². The predicted molar refractivity (Wildman–Crippen MR) is 121 cm³/mol. The van der Waals surface area contributed by atoms with E-state index in [0.717, 1.165) is 31.2 Å². The first-order chi connectivity index (χ1) is 14.4. The minimum atomic E-state index is -0.322. The molecule has 5 nitrogen and oxygen atoms in total. The van der Waals surface area contributed by atoms with Crippen molar-refractivity contribution in [1.29, 1.82) is 0 Å². The van der Waals surface area contributed by atoms with Crippen molar-refractivity contribution in [3.8, 4) is 0 Å². The van der Waals surface area contributed by atoms with Crippen molar-refractivity contribution in [2.45, 2.75) is 71.4 Å². The molecule has 0 radical (unpaired) electrons. The Kier molecular flexibility index (Phi) is 6.04. The largest absolute Gasteiger partial charge is 0.458 e. The summed E-state index contributed by atoms with van der Waals surface area (Å²) in [5, 5.41) is 0.525. The third kappa shape index (κ3) is 4.19. The van der Waals surface area contributed by atoms with E-state index in [1.54, 1.807) is 10.9 Å². The smallest absolute Gasteiger partial charge is 0.348 e. The molecule has 158 valence electrons. The van der Waals surface area contributed by atoms with Gasteiger partial charge in [-0.1, -0.05) is 44.5 Å². The average molecular weight is 425 g/mol. The van der Waals surface area contributed by atoms with Crippen LogP contribution in [0.25, 0.3) is 10.2 Å². The Morgan fingerprint density at radius 1 is 1.20 bits per heavy atom. The van der Waals surface area contributed by atoms with Crippen molar-refractivity contribution in [3.05, 3.63) is 62.5 Å². The van der Waals surface area contributed by atoms with Gasteiger partial charge in [0.2, 0.25) is 0 Å². The second kappa shape index (κ2) is 8.72. The molecule has 0 atom stereocenters. The van der Waals surface area contributed by atoms with E-state index in [-0.39, 0.29) is 17.6 Å². The third-order valence-corrected chi connectivity index (χ3v) is 7.11. The highest BCUT2D eigenvalue weighted by Gasteiger charge is 2.24. The van der Waals surface area contributed by atoms with Crippen LogP contribution in [0, 0.1) is 6.92 Å². The van der Waals surface area contributed by atoms with Gasteiger partial charge in [-0.15, -0.1) is 11.3 Å². The van der Waals surface area contributed by atoms with Gasteiger partial charge in [-0.2, -0.15) is 0 Å².